The summed E-state index contributed by atoms with van der Waals surface area (Å²) in [7, 11) is 0. The van der Waals surface area contributed by atoms with Gasteiger partial charge in [-0.05, 0) is 6.07 Å². The summed E-state index contributed by atoms with van der Waals surface area (Å²) < 4.78 is 5.26. The zero-order valence-electron chi connectivity index (χ0n) is 7.54. The lowest BCUT2D eigenvalue weighted by Gasteiger charge is -1.87. The molecule has 6 nitrogen and oxygen atoms in total. The fraction of sp³-hybridized carbons (Fsp3) is 0.125. The first-order valence-corrected chi connectivity index (χ1v) is 4.91. The summed E-state index contributed by atoms with van der Waals surface area (Å²) in [6.07, 6.45) is 1.51. The quantitative estimate of drug-likeness (QED) is 0.634. The number of hydrogen-bond donors (Lipinski definition) is 1. The first-order valence-electron chi connectivity index (χ1n) is 4.10. The highest BCUT2D eigenvalue weighted by Crippen LogP contribution is 2.32. The number of nitrogens with two attached hydrogens (primary N) is 1. The van der Waals surface area contributed by atoms with Gasteiger partial charge in [-0.1, -0.05) is 11.3 Å². The lowest BCUT2D eigenvalue weighted by molar-refractivity contribution is -0.380. The van der Waals surface area contributed by atoms with Gasteiger partial charge in [0.1, 0.15) is 0 Å². The summed E-state index contributed by atoms with van der Waals surface area (Å²) in [5.74, 6) is 0.926. The Morgan fingerprint density at radius 1 is 1.60 bits per heavy atom. The van der Waals surface area contributed by atoms with Gasteiger partial charge in [-0.15, -0.1) is 0 Å². The average Bonchev–Trinajstić information content (AvgIpc) is 2.86. The highest BCUT2D eigenvalue weighted by atomic mass is 32.1. The van der Waals surface area contributed by atoms with Gasteiger partial charge in [-0.2, -0.15) is 0 Å². The van der Waals surface area contributed by atoms with Crippen LogP contribution in [0.25, 0.3) is 10.6 Å². The van der Waals surface area contributed by atoms with Gasteiger partial charge in [0, 0.05) is 6.07 Å². The Hall–Kier alpha value is -1.73. The molecule has 0 aliphatic carbocycles. The summed E-state index contributed by atoms with van der Waals surface area (Å²) in [5, 5.41) is 10.5. The Morgan fingerprint density at radius 3 is 2.93 bits per heavy atom. The van der Waals surface area contributed by atoms with Crippen LogP contribution in [0.4, 0.5) is 5.00 Å². The van der Waals surface area contributed by atoms with Gasteiger partial charge >= 0.3 is 5.00 Å². The SMILES string of the molecule is NCc1ncc(-c2ccc([N+](=O)[O-])s2)o1. The molecule has 0 radical (unpaired) electrons. The molecule has 0 saturated heterocycles. The van der Waals surface area contributed by atoms with E-state index < -0.39 is 4.92 Å². The molecule has 0 fully saturated rings. The molecule has 7 heteroatoms. The van der Waals surface area contributed by atoms with Gasteiger partial charge in [0.05, 0.1) is 22.5 Å². The summed E-state index contributed by atoms with van der Waals surface area (Å²) in [6.45, 7) is 0.216. The van der Waals surface area contributed by atoms with Crippen molar-refractivity contribution in [3.05, 3.63) is 34.3 Å². The normalized spacial score (nSPS) is 10.5. The van der Waals surface area contributed by atoms with Crippen molar-refractivity contribution < 1.29 is 9.34 Å². The number of nitro groups is 1. The minimum absolute atomic E-state index is 0.0794. The van der Waals surface area contributed by atoms with Crippen LogP contribution in [0.3, 0.4) is 0 Å². The number of oxazole rings is 1. The van der Waals surface area contributed by atoms with E-state index in [4.69, 9.17) is 10.2 Å². The van der Waals surface area contributed by atoms with Crippen LogP contribution < -0.4 is 5.73 Å². The summed E-state index contributed by atoms with van der Waals surface area (Å²) >= 11 is 1.04. The zero-order chi connectivity index (χ0) is 10.8. The van der Waals surface area contributed by atoms with Gasteiger partial charge in [0.2, 0.25) is 5.89 Å². The molecule has 0 saturated carbocycles. The van der Waals surface area contributed by atoms with E-state index in [0.717, 1.165) is 11.3 Å². The average molecular weight is 225 g/mol. The Bertz CT molecular complexity index is 491. The molecule has 0 unspecified atom stereocenters. The minimum atomic E-state index is -0.436. The smallest absolute Gasteiger partial charge is 0.324 e. The number of hydrogen-bond acceptors (Lipinski definition) is 6. The van der Waals surface area contributed by atoms with Crippen molar-refractivity contribution in [3.63, 3.8) is 0 Å². The molecule has 0 bridgehead atoms. The zero-order valence-corrected chi connectivity index (χ0v) is 8.36. The fourth-order valence-electron chi connectivity index (χ4n) is 1.08. The van der Waals surface area contributed by atoms with Crippen LogP contribution in [0.2, 0.25) is 0 Å². The van der Waals surface area contributed by atoms with E-state index in [1.54, 1.807) is 6.07 Å². The van der Waals surface area contributed by atoms with Gasteiger partial charge in [0.25, 0.3) is 0 Å². The predicted octanol–water partition coefficient (Wildman–Crippen LogP) is 1.77. The molecular weight excluding hydrogens is 218 g/mol. The maximum absolute atomic E-state index is 10.5. The molecule has 2 aromatic heterocycles. The molecule has 78 valence electrons. The lowest BCUT2D eigenvalue weighted by atomic mass is 10.4. The third kappa shape index (κ3) is 1.88. The largest absolute Gasteiger partial charge is 0.438 e. The van der Waals surface area contributed by atoms with Gasteiger partial charge in [-0.3, -0.25) is 10.1 Å². The summed E-state index contributed by atoms with van der Waals surface area (Å²) in [6, 6.07) is 3.06. The predicted molar refractivity (Wildman–Crippen MR) is 54.4 cm³/mol. The molecule has 2 heterocycles. The Kier molecular flexibility index (Phi) is 2.48. The Labute approximate surface area is 88.5 Å². The van der Waals surface area contributed by atoms with Crippen molar-refractivity contribution in [2.24, 2.45) is 5.73 Å². The van der Waals surface area contributed by atoms with E-state index in [2.05, 4.69) is 4.98 Å². The van der Waals surface area contributed by atoms with E-state index in [1.165, 1.54) is 12.3 Å². The van der Waals surface area contributed by atoms with Crippen molar-refractivity contribution in [2.45, 2.75) is 6.54 Å². The Balaban J connectivity index is 2.32. The first kappa shape index (κ1) is 9.81. The van der Waals surface area contributed by atoms with Gasteiger partial charge in [0.15, 0.2) is 5.76 Å². The number of rotatable bonds is 3. The molecule has 0 atom stereocenters. The van der Waals surface area contributed by atoms with Crippen molar-refractivity contribution >= 4 is 16.3 Å². The standard InChI is InChI=1S/C8H7N3O3S/c9-3-7-10-4-5(14-7)6-1-2-8(15-6)11(12)13/h1-2,4H,3,9H2. The van der Waals surface area contributed by atoms with Crippen LogP contribution in [0.15, 0.2) is 22.7 Å². The molecule has 2 aromatic rings. The third-order valence-corrected chi connectivity index (χ3v) is 2.79. The molecule has 0 spiro atoms. The van der Waals surface area contributed by atoms with E-state index in [0.29, 0.717) is 16.5 Å². The second-order valence-electron chi connectivity index (χ2n) is 2.72. The topological polar surface area (TPSA) is 95.2 Å². The maximum Gasteiger partial charge on any atom is 0.324 e. The van der Waals surface area contributed by atoms with Crippen molar-refractivity contribution in [2.75, 3.05) is 0 Å². The highest BCUT2D eigenvalue weighted by Gasteiger charge is 2.13. The number of nitrogens with zero attached hydrogens (tertiary/aromatic N) is 2. The fourth-order valence-corrected chi connectivity index (χ4v) is 1.84. The van der Waals surface area contributed by atoms with E-state index in [9.17, 15) is 10.1 Å². The van der Waals surface area contributed by atoms with Crippen LogP contribution in [0, 0.1) is 10.1 Å². The second kappa shape index (κ2) is 3.79. The first-order chi connectivity index (χ1) is 7.20. The molecule has 0 amide bonds. The molecule has 2 N–H and O–H groups in total. The third-order valence-electron chi connectivity index (χ3n) is 1.74. The Morgan fingerprint density at radius 2 is 2.40 bits per heavy atom. The van der Waals surface area contributed by atoms with Gasteiger partial charge in [-0.25, -0.2) is 4.98 Å². The number of thiophene rings is 1. The summed E-state index contributed by atoms with van der Waals surface area (Å²) in [4.78, 5) is 14.6. The van der Waals surface area contributed by atoms with Crippen molar-refractivity contribution in [1.82, 2.24) is 4.98 Å². The van der Waals surface area contributed by atoms with Crippen LogP contribution in [0.5, 0.6) is 0 Å². The maximum atomic E-state index is 10.5. The highest BCUT2D eigenvalue weighted by molar-refractivity contribution is 7.18. The van der Waals surface area contributed by atoms with Crippen molar-refractivity contribution in [1.29, 1.82) is 0 Å². The van der Waals surface area contributed by atoms with E-state index >= 15 is 0 Å². The van der Waals surface area contributed by atoms with Gasteiger partial charge < -0.3 is 10.2 Å². The monoisotopic (exact) mass is 225 g/mol. The molecule has 15 heavy (non-hydrogen) atoms. The molecule has 0 aliphatic rings. The molecular formula is C8H7N3O3S. The van der Waals surface area contributed by atoms with Crippen molar-refractivity contribution in [3.8, 4) is 10.6 Å². The summed E-state index contributed by atoms with van der Waals surface area (Å²) in [5.41, 5.74) is 5.33. The van der Waals surface area contributed by atoms with Crippen LogP contribution in [0.1, 0.15) is 5.89 Å². The molecule has 0 aliphatic heterocycles. The molecule has 0 aromatic carbocycles. The van der Waals surface area contributed by atoms with Crippen LogP contribution >= 0.6 is 11.3 Å². The molecule has 2 rings (SSSR count). The van der Waals surface area contributed by atoms with E-state index in [-0.39, 0.29) is 11.5 Å². The van der Waals surface area contributed by atoms with Crippen LogP contribution in [-0.2, 0) is 6.54 Å². The second-order valence-corrected chi connectivity index (χ2v) is 3.78. The van der Waals surface area contributed by atoms with E-state index in [1.807, 2.05) is 0 Å². The van der Waals surface area contributed by atoms with Crippen LogP contribution in [-0.4, -0.2) is 9.91 Å². The minimum Gasteiger partial charge on any atom is -0.438 e. The lowest BCUT2D eigenvalue weighted by Crippen LogP contribution is -1.94. The number of aromatic nitrogens is 1.